The summed E-state index contributed by atoms with van der Waals surface area (Å²) >= 11 is 0. The summed E-state index contributed by atoms with van der Waals surface area (Å²) in [6, 6.07) is 16.3. The summed E-state index contributed by atoms with van der Waals surface area (Å²) in [5, 5.41) is 3.37. The van der Waals surface area contributed by atoms with Crippen molar-refractivity contribution in [1.29, 1.82) is 0 Å². The molecule has 214 valence electrons. The predicted octanol–water partition coefficient (Wildman–Crippen LogP) is 3.03. The first-order valence-electron chi connectivity index (χ1n) is 14.3. The highest BCUT2D eigenvalue weighted by Gasteiger charge is 2.31. The van der Waals surface area contributed by atoms with Crippen molar-refractivity contribution < 1.29 is 13.2 Å². The van der Waals surface area contributed by atoms with E-state index in [1.807, 2.05) is 13.0 Å². The smallest absolute Gasteiger partial charge is 0.252 e. The third-order valence-electron chi connectivity index (χ3n) is 8.06. The number of pyridine rings is 1. The number of aromatic amines is 1. The Labute approximate surface area is 236 Å². The Hall–Kier alpha value is -3.05. The summed E-state index contributed by atoms with van der Waals surface area (Å²) in [5.74, 6) is -0.371. The maximum absolute atomic E-state index is 13.4. The summed E-state index contributed by atoms with van der Waals surface area (Å²) in [6.45, 7) is 8.75. The van der Waals surface area contributed by atoms with Gasteiger partial charge < -0.3 is 15.2 Å². The number of sulfonamides is 1. The maximum Gasteiger partial charge on any atom is 0.252 e. The molecule has 5 rings (SSSR count). The molecule has 1 aromatic heterocycles. The van der Waals surface area contributed by atoms with Crippen molar-refractivity contribution in [3.05, 3.63) is 76.1 Å². The summed E-state index contributed by atoms with van der Waals surface area (Å²) in [7, 11) is -3.71. The van der Waals surface area contributed by atoms with E-state index in [2.05, 4.69) is 44.4 Å². The van der Waals surface area contributed by atoms with Gasteiger partial charge in [-0.3, -0.25) is 14.5 Å². The van der Waals surface area contributed by atoms with Gasteiger partial charge in [0.05, 0.1) is 10.5 Å². The molecule has 2 aliphatic heterocycles. The Morgan fingerprint density at radius 3 is 2.48 bits per heavy atom. The van der Waals surface area contributed by atoms with E-state index in [0.29, 0.717) is 24.0 Å². The summed E-state index contributed by atoms with van der Waals surface area (Å²) in [5.41, 5.74) is 1.57. The van der Waals surface area contributed by atoms with Crippen molar-refractivity contribution >= 4 is 26.8 Å². The second-order valence-corrected chi connectivity index (χ2v) is 12.8. The molecule has 1 amide bonds. The molecular weight excluding hydrogens is 526 g/mol. The lowest BCUT2D eigenvalue weighted by Crippen LogP contribution is -2.46. The Kier molecular flexibility index (Phi) is 9.00. The van der Waals surface area contributed by atoms with Gasteiger partial charge in [0.25, 0.3) is 5.91 Å². The molecule has 0 unspecified atom stereocenters. The van der Waals surface area contributed by atoms with Crippen LogP contribution in [0.3, 0.4) is 0 Å². The lowest BCUT2D eigenvalue weighted by atomic mass is 10.1. The van der Waals surface area contributed by atoms with Gasteiger partial charge >= 0.3 is 0 Å². The highest BCUT2D eigenvalue weighted by molar-refractivity contribution is 7.89. The third-order valence-corrected chi connectivity index (χ3v) is 10.1. The fraction of sp³-hybridized carbons (Fsp3) is 0.467. The van der Waals surface area contributed by atoms with Gasteiger partial charge in [0.1, 0.15) is 0 Å². The molecule has 10 heteroatoms. The molecule has 3 aromatic rings. The molecular formula is C30H39N5O4S. The largest absolute Gasteiger partial charge is 0.352 e. The van der Waals surface area contributed by atoms with Crippen LogP contribution in [0.15, 0.2) is 64.3 Å². The van der Waals surface area contributed by atoms with Crippen molar-refractivity contribution in [2.75, 3.05) is 45.8 Å². The Bertz CT molecular complexity index is 1480. The molecule has 9 nitrogen and oxygen atoms in total. The number of aromatic nitrogens is 1. The van der Waals surface area contributed by atoms with Crippen LogP contribution >= 0.6 is 0 Å². The zero-order valence-corrected chi connectivity index (χ0v) is 24.0. The first kappa shape index (κ1) is 28.5. The SMILES string of the molecule is C[C@H]1CCCCN1S(=O)(=O)c1ccc2[nH]c(=O)cc(C(=O)NCCCN3CCN(Cc4ccccc4)CC3)c2c1. The Balaban J connectivity index is 1.18. The first-order valence-corrected chi connectivity index (χ1v) is 15.7. The Morgan fingerprint density at radius 1 is 0.975 bits per heavy atom. The van der Waals surface area contributed by atoms with Gasteiger partial charge in [0, 0.05) is 68.8 Å². The highest BCUT2D eigenvalue weighted by atomic mass is 32.2. The lowest BCUT2D eigenvalue weighted by Gasteiger charge is -2.34. The number of hydrogen-bond acceptors (Lipinski definition) is 6. The van der Waals surface area contributed by atoms with Crippen LogP contribution < -0.4 is 10.9 Å². The number of benzene rings is 2. The minimum atomic E-state index is -3.71. The van der Waals surface area contributed by atoms with Crippen LogP contribution in [0.25, 0.3) is 10.9 Å². The first-order chi connectivity index (χ1) is 19.3. The fourth-order valence-electron chi connectivity index (χ4n) is 5.76. The van der Waals surface area contributed by atoms with Crippen molar-refractivity contribution in [1.82, 2.24) is 24.4 Å². The number of nitrogens with zero attached hydrogens (tertiary/aromatic N) is 3. The summed E-state index contributed by atoms with van der Waals surface area (Å²) in [6.07, 6.45) is 3.47. The van der Waals surface area contributed by atoms with Gasteiger partial charge in [-0.25, -0.2) is 8.42 Å². The van der Waals surface area contributed by atoms with Crippen molar-refractivity contribution in [2.45, 2.75) is 50.1 Å². The topological polar surface area (TPSA) is 106 Å². The van der Waals surface area contributed by atoms with Gasteiger partial charge in [-0.1, -0.05) is 36.8 Å². The van der Waals surface area contributed by atoms with Gasteiger partial charge in [0.2, 0.25) is 15.6 Å². The molecule has 2 fully saturated rings. The standard InChI is InChI=1S/C30H39N5O4S/c1-23-8-5-6-15-35(23)40(38,39)25-11-12-28-26(20-25)27(21-29(36)32-28)30(37)31-13-7-14-33-16-18-34(19-17-33)22-24-9-3-2-4-10-24/h2-4,9-12,20-21,23H,5-8,13-19,22H2,1H3,(H,31,37)(H,32,36)/t23-/m0/s1. The van der Waals surface area contributed by atoms with E-state index in [9.17, 15) is 18.0 Å². The lowest BCUT2D eigenvalue weighted by molar-refractivity contribution is 0.0948. The molecule has 0 spiro atoms. The van der Waals surface area contributed by atoms with E-state index in [4.69, 9.17) is 0 Å². The fourth-order valence-corrected chi connectivity index (χ4v) is 7.48. The zero-order valence-electron chi connectivity index (χ0n) is 23.1. The van der Waals surface area contributed by atoms with Crippen LogP contribution in [-0.4, -0.2) is 85.3 Å². The van der Waals surface area contributed by atoms with Crippen LogP contribution in [-0.2, 0) is 16.6 Å². The number of piperazine rings is 1. The van der Waals surface area contributed by atoms with Crippen molar-refractivity contribution in [2.24, 2.45) is 0 Å². The number of carbonyl (C=O) groups is 1. The van der Waals surface area contributed by atoms with Crippen LogP contribution in [0.1, 0.15) is 48.5 Å². The van der Waals surface area contributed by atoms with Crippen molar-refractivity contribution in [3.63, 3.8) is 0 Å². The van der Waals surface area contributed by atoms with E-state index >= 15 is 0 Å². The number of rotatable bonds is 9. The number of nitrogens with one attached hydrogen (secondary N) is 2. The minimum absolute atomic E-state index is 0.0698. The number of H-pyrrole nitrogens is 1. The summed E-state index contributed by atoms with van der Waals surface area (Å²) < 4.78 is 28.4. The maximum atomic E-state index is 13.4. The molecule has 2 N–H and O–H groups in total. The second-order valence-electron chi connectivity index (χ2n) is 10.9. The Morgan fingerprint density at radius 2 is 1.73 bits per heavy atom. The van der Waals surface area contributed by atoms with Crippen LogP contribution in [0.2, 0.25) is 0 Å². The quantitative estimate of drug-likeness (QED) is 0.387. The molecule has 0 saturated carbocycles. The van der Waals surface area contributed by atoms with Gasteiger partial charge in [-0.15, -0.1) is 0 Å². The number of fused-ring (bicyclic) bond motifs is 1. The number of amides is 1. The summed E-state index contributed by atoms with van der Waals surface area (Å²) in [4.78, 5) is 33.2. The molecule has 3 heterocycles. The molecule has 1 atom stereocenters. The molecule has 2 saturated heterocycles. The van der Waals surface area contributed by atoms with Crippen LogP contribution in [0.4, 0.5) is 0 Å². The molecule has 40 heavy (non-hydrogen) atoms. The van der Waals surface area contributed by atoms with Gasteiger partial charge in [-0.05, 0) is 56.5 Å². The van der Waals surface area contributed by atoms with Crippen LogP contribution in [0, 0.1) is 0 Å². The average Bonchev–Trinajstić information content (AvgIpc) is 2.96. The van der Waals surface area contributed by atoms with E-state index in [-0.39, 0.29) is 22.4 Å². The monoisotopic (exact) mass is 565 g/mol. The van der Waals surface area contributed by atoms with E-state index in [0.717, 1.165) is 65.0 Å². The van der Waals surface area contributed by atoms with Gasteiger partial charge in [-0.2, -0.15) is 4.31 Å². The number of hydrogen-bond donors (Lipinski definition) is 2. The number of carbonyl (C=O) groups excluding carboxylic acids is 1. The van der Waals surface area contributed by atoms with Crippen LogP contribution in [0.5, 0.6) is 0 Å². The third kappa shape index (κ3) is 6.63. The normalized spacial score (nSPS) is 19.6. The second kappa shape index (κ2) is 12.6. The molecule has 2 aromatic carbocycles. The predicted molar refractivity (Wildman–Crippen MR) is 157 cm³/mol. The average molecular weight is 566 g/mol. The van der Waals surface area contributed by atoms with E-state index in [1.165, 1.54) is 23.8 Å². The molecule has 0 radical (unpaired) electrons. The zero-order chi connectivity index (χ0) is 28.1. The van der Waals surface area contributed by atoms with E-state index < -0.39 is 15.6 Å². The van der Waals surface area contributed by atoms with E-state index in [1.54, 1.807) is 10.4 Å². The molecule has 0 aliphatic carbocycles. The minimum Gasteiger partial charge on any atom is -0.352 e. The number of piperidine rings is 1. The molecule has 0 bridgehead atoms. The molecule has 2 aliphatic rings. The van der Waals surface area contributed by atoms with Gasteiger partial charge in [0.15, 0.2) is 0 Å². The van der Waals surface area contributed by atoms with Crippen molar-refractivity contribution in [3.8, 4) is 0 Å². The highest BCUT2D eigenvalue weighted by Crippen LogP contribution is 2.27.